The predicted octanol–water partition coefficient (Wildman–Crippen LogP) is 2.08. The molecule has 1 aliphatic rings. The van der Waals surface area contributed by atoms with Crippen LogP contribution < -0.4 is 15.4 Å². The van der Waals surface area contributed by atoms with Gasteiger partial charge in [-0.1, -0.05) is 36.4 Å². The monoisotopic (exact) mass is 469 g/mol. The van der Waals surface area contributed by atoms with E-state index in [4.69, 9.17) is 21.7 Å². The maximum Gasteiger partial charge on any atom is 0.308 e. The van der Waals surface area contributed by atoms with Crippen molar-refractivity contribution in [3.8, 4) is 5.75 Å². The van der Waals surface area contributed by atoms with Crippen molar-refractivity contribution in [2.24, 2.45) is 0 Å². The first-order valence-electron chi connectivity index (χ1n) is 10.8. The lowest BCUT2D eigenvalue weighted by Crippen LogP contribution is -2.60. The second-order valence-electron chi connectivity index (χ2n) is 7.38. The van der Waals surface area contributed by atoms with Crippen molar-refractivity contribution in [3.63, 3.8) is 0 Å². The Kier molecular flexibility index (Phi) is 8.77. The van der Waals surface area contributed by atoms with E-state index >= 15 is 0 Å². The highest BCUT2D eigenvalue weighted by Crippen LogP contribution is 2.15. The summed E-state index contributed by atoms with van der Waals surface area (Å²) in [5.74, 6) is -0.686. The number of piperazine rings is 1. The van der Waals surface area contributed by atoms with E-state index in [0.29, 0.717) is 37.4 Å². The molecule has 174 valence electrons. The highest BCUT2D eigenvalue weighted by Gasteiger charge is 2.34. The van der Waals surface area contributed by atoms with Crippen LogP contribution in [0.4, 0.5) is 0 Å². The Bertz CT molecular complexity index is 999. The van der Waals surface area contributed by atoms with Crippen LogP contribution in [0.25, 0.3) is 0 Å². The Morgan fingerprint density at radius 2 is 1.97 bits per heavy atom. The van der Waals surface area contributed by atoms with Gasteiger partial charge >= 0.3 is 5.97 Å². The third-order valence-corrected chi connectivity index (χ3v) is 5.41. The van der Waals surface area contributed by atoms with Gasteiger partial charge in [0.15, 0.2) is 5.11 Å². The van der Waals surface area contributed by atoms with Crippen molar-refractivity contribution in [2.75, 3.05) is 26.3 Å². The zero-order chi connectivity index (χ0) is 23.6. The number of thiocarbonyl (C=S) groups is 1. The summed E-state index contributed by atoms with van der Waals surface area (Å²) in [5.41, 5.74) is 1.43. The number of amides is 2. The smallest absolute Gasteiger partial charge is 0.308 e. The molecule has 1 aliphatic heterocycles. The first kappa shape index (κ1) is 24.2. The number of nitrogens with one attached hydrogen (secondary N) is 2. The van der Waals surface area contributed by atoms with Crippen LogP contribution in [-0.2, 0) is 20.7 Å². The zero-order valence-corrected chi connectivity index (χ0v) is 19.2. The van der Waals surface area contributed by atoms with Crippen LogP contribution in [-0.4, -0.2) is 60.1 Å². The quantitative estimate of drug-likeness (QED) is 0.451. The molecule has 1 unspecified atom stereocenters. The second kappa shape index (κ2) is 12.0. The fraction of sp³-hybridized carbons (Fsp3) is 0.333. The Balaban J connectivity index is 1.57. The van der Waals surface area contributed by atoms with E-state index in [9.17, 15) is 14.4 Å². The number of carbonyl (C=O) groups excluding carboxylic acids is 3. The topological polar surface area (TPSA) is 97.0 Å². The largest absolute Gasteiger partial charge is 0.494 e. The number of nitrogens with zero attached hydrogens (tertiary/aromatic N) is 1. The molecule has 0 bridgehead atoms. The number of benzene rings is 2. The van der Waals surface area contributed by atoms with Crippen LogP contribution in [0.1, 0.15) is 29.3 Å². The summed E-state index contributed by atoms with van der Waals surface area (Å²) in [4.78, 5) is 39.1. The van der Waals surface area contributed by atoms with Crippen LogP contribution in [0.15, 0.2) is 54.6 Å². The van der Waals surface area contributed by atoms with Gasteiger partial charge in [-0.25, -0.2) is 0 Å². The first-order valence-corrected chi connectivity index (χ1v) is 11.2. The van der Waals surface area contributed by atoms with Gasteiger partial charge in [0, 0.05) is 25.1 Å². The second-order valence-corrected chi connectivity index (χ2v) is 7.77. The van der Waals surface area contributed by atoms with Gasteiger partial charge in [0.2, 0.25) is 5.91 Å². The summed E-state index contributed by atoms with van der Waals surface area (Å²) < 4.78 is 10.7. The average Bonchev–Trinajstić information content (AvgIpc) is 2.81. The van der Waals surface area contributed by atoms with Gasteiger partial charge in [-0.15, -0.1) is 0 Å². The molecular weight excluding hydrogens is 442 g/mol. The summed E-state index contributed by atoms with van der Waals surface area (Å²) in [5, 5.41) is 5.47. The molecule has 3 rings (SSSR count). The van der Waals surface area contributed by atoms with Gasteiger partial charge in [-0.3, -0.25) is 19.7 Å². The van der Waals surface area contributed by atoms with E-state index in [0.717, 1.165) is 5.56 Å². The number of hydrogen-bond acceptors (Lipinski definition) is 6. The minimum absolute atomic E-state index is 0.0822. The van der Waals surface area contributed by atoms with Crippen molar-refractivity contribution in [1.29, 1.82) is 0 Å². The number of carbonyl (C=O) groups is 3. The summed E-state index contributed by atoms with van der Waals surface area (Å²) >= 11 is 5.40. The van der Waals surface area contributed by atoms with Crippen LogP contribution in [0, 0.1) is 0 Å². The van der Waals surface area contributed by atoms with Crippen LogP contribution in [0.3, 0.4) is 0 Å². The molecule has 1 saturated heterocycles. The molecule has 1 fully saturated rings. The van der Waals surface area contributed by atoms with E-state index in [1.165, 1.54) is 0 Å². The summed E-state index contributed by atoms with van der Waals surface area (Å²) in [6.45, 7) is 3.28. The maximum atomic E-state index is 12.7. The molecule has 1 atom stereocenters. The fourth-order valence-electron chi connectivity index (χ4n) is 3.44. The molecule has 2 aromatic rings. The van der Waals surface area contributed by atoms with E-state index in [2.05, 4.69) is 10.6 Å². The van der Waals surface area contributed by atoms with E-state index in [1.807, 2.05) is 37.3 Å². The Labute approximate surface area is 198 Å². The van der Waals surface area contributed by atoms with Gasteiger partial charge in [0.25, 0.3) is 5.91 Å². The molecule has 8 nitrogen and oxygen atoms in total. The van der Waals surface area contributed by atoms with E-state index in [1.54, 1.807) is 29.2 Å². The molecule has 2 aromatic carbocycles. The third kappa shape index (κ3) is 7.01. The van der Waals surface area contributed by atoms with Gasteiger partial charge < -0.3 is 19.7 Å². The van der Waals surface area contributed by atoms with Crippen molar-refractivity contribution in [2.45, 2.75) is 25.8 Å². The predicted molar refractivity (Wildman–Crippen MR) is 127 cm³/mol. The van der Waals surface area contributed by atoms with E-state index in [-0.39, 0.29) is 24.0 Å². The van der Waals surface area contributed by atoms with Crippen LogP contribution in [0.2, 0.25) is 0 Å². The molecule has 2 amide bonds. The Morgan fingerprint density at radius 1 is 1.18 bits per heavy atom. The average molecular weight is 470 g/mol. The molecule has 1 heterocycles. The summed E-state index contributed by atoms with van der Waals surface area (Å²) in [6, 6.07) is 15.5. The molecule has 0 aliphatic carbocycles. The summed E-state index contributed by atoms with van der Waals surface area (Å²) in [7, 11) is 0. The van der Waals surface area contributed by atoms with Gasteiger partial charge in [0.1, 0.15) is 11.8 Å². The molecule has 0 radical (unpaired) electrons. The van der Waals surface area contributed by atoms with Gasteiger partial charge in [0.05, 0.1) is 19.6 Å². The number of esters is 1. The fourth-order valence-corrected chi connectivity index (χ4v) is 3.75. The first-order chi connectivity index (χ1) is 16.0. The SMILES string of the molecule is CCOc1cccc(C(=O)NC(=S)N2CCNC(=O)C2CC(=O)OCCc2ccccc2)c1. The van der Waals surface area contributed by atoms with Crippen molar-refractivity contribution in [3.05, 3.63) is 65.7 Å². The van der Waals surface area contributed by atoms with Crippen molar-refractivity contribution < 1.29 is 23.9 Å². The maximum absolute atomic E-state index is 12.7. The highest BCUT2D eigenvalue weighted by atomic mass is 32.1. The van der Waals surface area contributed by atoms with Gasteiger partial charge in [-0.05, 0) is 42.9 Å². The Morgan fingerprint density at radius 3 is 2.73 bits per heavy atom. The molecule has 0 aromatic heterocycles. The summed E-state index contributed by atoms with van der Waals surface area (Å²) in [6.07, 6.45) is 0.416. The number of hydrogen-bond donors (Lipinski definition) is 2. The molecule has 33 heavy (non-hydrogen) atoms. The van der Waals surface area contributed by atoms with Crippen molar-refractivity contribution >= 4 is 35.1 Å². The lowest BCUT2D eigenvalue weighted by atomic mass is 10.1. The van der Waals surface area contributed by atoms with Crippen LogP contribution in [0.5, 0.6) is 5.75 Å². The minimum Gasteiger partial charge on any atom is -0.494 e. The van der Waals surface area contributed by atoms with E-state index < -0.39 is 17.9 Å². The molecule has 9 heteroatoms. The third-order valence-electron chi connectivity index (χ3n) is 5.08. The normalized spacial score (nSPS) is 15.4. The molecule has 0 spiro atoms. The lowest BCUT2D eigenvalue weighted by Gasteiger charge is -2.36. The molecule has 0 saturated carbocycles. The Hall–Kier alpha value is -3.46. The minimum atomic E-state index is -0.856. The zero-order valence-electron chi connectivity index (χ0n) is 18.4. The number of rotatable bonds is 8. The number of ether oxygens (including phenoxy) is 2. The van der Waals surface area contributed by atoms with Crippen LogP contribution >= 0.6 is 12.2 Å². The van der Waals surface area contributed by atoms with Gasteiger partial charge in [-0.2, -0.15) is 0 Å². The molecular formula is C24H27N3O5S. The lowest BCUT2D eigenvalue weighted by molar-refractivity contribution is -0.147. The highest BCUT2D eigenvalue weighted by molar-refractivity contribution is 7.80. The molecule has 2 N–H and O–H groups in total. The standard InChI is InChI=1S/C24H27N3O5S/c1-2-31-19-10-6-9-18(15-19)22(29)26-24(33)27-13-12-25-23(30)20(27)16-21(28)32-14-11-17-7-4-3-5-8-17/h3-10,15,20H,2,11-14,16H2,1H3,(H,25,30)(H,26,29,33). The van der Waals surface area contributed by atoms with Crippen molar-refractivity contribution in [1.82, 2.24) is 15.5 Å².